The lowest BCUT2D eigenvalue weighted by atomic mass is 10.1. The van der Waals surface area contributed by atoms with Gasteiger partial charge in [-0.3, -0.25) is 4.68 Å². The average Bonchev–Trinajstić information content (AvgIpc) is 2.83. The molecular weight excluding hydrogens is 305 g/mol. The summed E-state index contributed by atoms with van der Waals surface area (Å²) < 4.78 is 41.7. The van der Waals surface area contributed by atoms with Crippen molar-refractivity contribution in [2.75, 3.05) is 6.54 Å². The van der Waals surface area contributed by atoms with E-state index in [0.717, 1.165) is 24.5 Å². The fourth-order valence-electron chi connectivity index (χ4n) is 2.20. The molecule has 2 aromatic rings. The number of hydrogen-bond acceptors (Lipinski definition) is 3. The van der Waals surface area contributed by atoms with E-state index in [-0.39, 0.29) is 4.90 Å². The van der Waals surface area contributed by atoms with Crippen LogP contribution < -0.4 is 4.72 Å². The molecular formula is C15H20FN3O2S. The summed E-state index contributed by atoms with van der Waals surface area (Å²) in [7, 11) is -1.79. The number of unbranched alkanes of at least 4 members (excludes halogenated alkanes) is 1. The number of aromatic nitrogens is 2. The SMILES string of the molecule is Cc1cc(F)cc(S(=O)(=O)NCCCCc2cnn(C)c2)c1. The van der Waals surface area contributed by atoms with Gasteiger partial charge in [0.25, 0.3) is 0 Å². The highest BCUT2D eigenvalue weighted by atomic mass is 32.2. The number of benzene rings is 1. The zero-order valence-electron chi connectivity index (χ0n) is 12.7. The van der Waals surface area contributed by atoms with Gasteiger partial charge in [0.2, 0.25) is 10.0 Å². The number of halogens is 1. The fraction of sp³-hybridized carbons (Fsp3) is 0.400. The molecule has 2 rings (SSSR count). The van der Waals surface area contributed by atoms with E-state index in [1.165, 1.54) is 12.1 Å². The van der Waals surface area contributed by atoms with E-state index in [0.29, 0.717) is 18.5 Å². The van der Waals surface area contributed by atoms with Crippen molar-refractivity contribution in [2.45, 2.75) is 31.1 Å². The Hall–Kier alpha value is -1.73. The smallest absolute Gasteiger partial charge is 0.240 e. The van der Waals surface area contributed by atoms with Crippen molar-refractivity contribution in [1.29, 1.82) is 0 Å². The summed E-state index contributed by atoms with van der Waals surface area (Å²) in [5.41, 5.74) is 1.71. The van der Waals surface area contributed by atoms with E-state index < -0.39 is 15.8 Å². The summed E-state index contributed by atoms with van der Waals surface area (Å²) in [5, 5.41) is 4.08. The molecule has 0 aliphatic carbocycles. The molecule has 0 radical (unpaired) electrons. The molecule has 7 heteroatoms. The second kappa shape index (κ2) is 7.02. The Balaban J connectivity index is 1.82. The van der Waals surface area contributed by atoms with Crippen LogP contribution in [0.25, 0.3) is 0 Å². The van der Waals surface area contributed by atoms with E-state index in [4.69, 9.17) is 0 Å². The average molecular weight is 325 g/mol. The van der Waals surface area contributed by atoms with Crippen LogP contribution in [0, 0.1) is 12.7 Å². The van der Waals surface area contributed by atoms with Crippen molar-refractivity contribution in [2.24, 2.45) is 7.05 Å². The van der Waals surface area contributed by atoms with Crippen molar-refractivity contribution in [3.63, 3.8) is 0 Å². The fourth-order valence-corrected chi connectivity index (χ4v) is 3.39. The first-order chi connectivity index (χ1) is 10.4. The summed E-state index contributed by atoms with van der Waals surface area (Å²) in [5.74, 6) is -0.544. The minimum Gasteiger partial charge on any atom is -0.276 e. The zero-order valence-corrected chi connectivity index (χ0v) is 13.5. The molecule has 0 spiro atoms. The number of hydrogen-bond donors (Lipinski definition) is 1. The highest BCUT2D eigenvalue weighted by Gasteiger charge is 2.14. The van der Waals surface area contributed by atoms with Crippen LogP contribution in [-0.2, 0) is 23.5 Å². The molecule has 1 N–H and O–H groups in total. The molecule has 0 saturated carbocycles. The Kier molecular flexibility index (Phi) is 5.31. The minimum absolute atomic E-state index is 0.0303. The highest BCUT2D eigenvalue weighted by Crippen LogP contribution is 2.14. The lowest BCUT2D eigenvalue weighted by Crippen LogP contribution is -2.25. The molecule has 22 heavy (non-hydrogen) atoms. The Morgan fingerprint density at radius 3 is 2.68 bits per heavy atom. The van der Waals surface area contributed by atoms with Gasteiger partial charge < -0.3 is 0 Å². The topological polar surface area (TPSA) is 64.0 Å². The van der Waals surface area contributed by atoms with Crippen LogP contribution in [0.15, 0.2) is 35.5 Å². The molecule has 0 saturated heterocycles. The van der Waals surface area contributed by atoms with E-state index in [9.17, 15) is 12.8 Å². The van der Waals surface area contributed by atoms with Crippen molar-refractivity contribution in [3.8, 4) is 0 Å². The molecule has 0 fully saturated rings. The molecule has 1 aromatic heterocycles. The predicted octanol–water partition coefficient (Wildman–Crippen LogP) is 2.17. The van der Waals surface area contributed by atoms with Crippen molar-refractivity contribution in [3.05, 3.63) is 47.5 Å². The molecule has 0 bridgehead atoms. The number of sulfonamides is 1. The number of nitrogens with one attached hydrogen (secondary N) is 1. The van der Waals surface area contributed by atoms with Gasteiger partial charge in [-0.05, 0) is 55.5 Å². The van der Waals surface area contributed by atoms with Crippen LogP contribution >= 0.6 is 0 Å². The number of aryl methyl sites for hydroxylation is 3. The summed E-state index contributed by atoms with van der Waals surface area (Å²) in [4.78, 5) is -0.0303. The first-order valence-electron chi connectivity index (χ1n) is 7.11. The Bertz CT molecular complexity index is 721. The second-order valence-electron chi connectivity index (χ2n) is 5.34. The van der Waals surface area contributed by atoms with Gasteiger partial charge in [-0.1, -0.05) is 0 Å². The van der Waals surface area contributed by atoms with Gasteiger partial charge in [0.1, 0.15) is 5.82 Å². The molecule has 0 unspecified atom stereocenters. The maximum Gasteiger partial charge on any atom is 0.240 e. The van der Waals surface area contributed by atoms with Crippen LogP contribution in [0.2, 0.25) is 0 Å². The van der Waals surface area contributed by atoms with Crippen molar-refractivity contribution < 1.29 is 12.8 Å². The Labute approximate surface area is 130 Å². The monoisotopic (exact) mass is 325 g/mol. The number of nitrogens with zero attached hydrogens (tertiary/aromatic N) is 2. The standard InChI is InChI=1S/C15H20FN3O2S/c1-12-7-14(16)9-15(8-12)22(20,21)18-6-4-3-5-13-10-17-19(2)11-13/h7-11,18H,3-6H2,1-2H3. The summed E-state index contributed by atoms with van der Waals surface area (Å²) in [6.07, 6.45) is 6.17. The summed E-state index contributed by atoms with van der Waals surface area (Å²) >= 11 is 0. The van der Waals surface area contributed by atoms with E-state index >= 15 is 0 Å². The van der Waals surface area contributed by atoms with Gasteiger partial charge in [-0.25, -0.2) is 17.5 Å². The molecule has 1 heterocycles. The zero-order chi connectivity index (χ0) is 16.2. The van der Waals surface area contributed by atoms with Crippen LogP contribution in [0.3, 0.4) is 0 Å². The molecule has 0 aliphatic rings. The molecule has 0 aliphatic heterocycles. The maximum atomic E-state index is 13.3. The van der Waals surface area contributed by atoms with Crippen LogP contribution in [0.1, 0.15) is 24.0 Å². The van der Waals surface area contributed by atoms with Crippen molar-refractivity contribution >= 4 is 10.0 Å². The third-order valence-corrected chi connectivity index (χ3v) is 4.71. The van der Waals surface area contributed by atoms with E-state index in [2.05, 4.69) is 9.82 Å². The molecule has 1 aromatic carbocycles. The summed E-state index contributed by atoms with van der Waals surface area (Å²) in [6.45, 7) is 1.99. The van der Waals surface area contributed by atoms with Gasteiger partial charge in [-0.15, -0.1) is 0 Å². The number of rotatable bonds is 7. The Morgan fingerprint density at radius 1 is 1.27 bits per heavy atom. The lowest BCUT2D eigenvalue weighted by Gasteiger charge is -2.07. The quantitative estimate of drug-likeness (QED) is 0.794. The van der Waals surface area contributed by atoms with Crippen LogP contribution in [0.5, 0.6) is 0 Å². The van der Waals surface area contributed by atoms with E-state index in [1.54, 1.807) is 17.8 Å². The Morgan fingerprint density at radius 2 is 2.05 bits per heavy atom. The highest BCUT2D eigenvalue weighted by molar-refractivity contribution is 7.89. The normalized spacial score (nSPS) is 11.8. The van der Waals surface area contributed by atoms with E-state index in [1.807, 2.05) is 13.2 Å². The van der Waals surface area contributed by atoms with Crippen molar-refractivity contribution in [1.82, 2.24) is 14.5 Å². The largest absolute Gasteiger partial charge is 0.276 e. The van der Waals surface area contributed by atoms with Gasteiger partial charge in [0, 0.05) is 19.8 Å². The van der Waals surface area contributed by atoms with Gasteiger partial charge >= 0.3 is 0 Å². The third-order valence-electron chi connectivity index (χ3n) is 3.27. The van der Waals surface area contributed by atoms with Crippen LogP contribution in [0.4, 0.5) is 4.39 Å². The van der Waals surface area contributed by atoms with Crippen LogP contribution in [-0.4, -0.2) is 24.7 Å². The summed E-state index contributed by atoms with van der Waals surface area (Å²) in [6, 6.07) is 3.79. The molecule has 120 valence electrons. The predicted molar refractivity (Wildman–Crippen MR) is 82.5 cm³/mol. The minimum atomic E-state index is -3.65. The van der Waals surface area contributed by atoms with Gasteiger partial charge in [0.15, 0.2) is 0 Å². The third kappa shape index (κ3) is 4.64. The van der Waals surface area contributed by atoms with Gasteiger partial charge in [0.05, 0.1) is 11.1 Å². The molecule has 0 atom stereocenters. The first-order valence-corrected chi connectivity index (χ1v) is 8.59. The second-order valence-corrected chi connectivity index (χ2v) is 7.11. The maximum absolute atomic E-state index is 13.3. The first kappa shape index (κ1) is 16.6. The lowest BCUT2D eigenvalue weighted by molar-refractivity contribution is 0.573. The van der Waals surface area contributed by atoms with Gasteiger partial charge in [-0.2, -0.15) is 5.10 Å². The molecule has 0 amide bonds. The molecule has 5 nitrogen and oxygen atoms in total.